The van der Waals surface area contributed by atoms with E-state index in [0.717, 1.165) is 29.5 Å². The predicted molar refractivity (Wildman–Crippen MR) is 135 cm³/mol. The summed E-state index contributed by atoms with van der Waals surface area (Å²) in [4.78, 5) is 51.9. The highest BCUT2D eigenvalue weighted by Gasteiger charge is 2.37. The van der Waals surface area contributed by atoms with Crippen molar-refractivity contribution in [3.05, 3.63) is 69.1 Å². The molecule has 2 aliphatic rings. The zero-order chi connectivity index (χ0) is 25.9. The highest BCUT2D eigenvalue weighted by atomic mass is 32.2. The minimum absolute atomic E-state index is 0.0990. The second-order valence-electron chi connectivity index (χ2n) is 8.15. The van der Waals surface area contributed by atoms with Crippen LogP contribution in [0.25, 0.3) is 11.8 Å². The van der Waals surface area contributed by atoms with Crippen LogP contribution in [-0.4, -0.2) is 71.6 Å². The van der Waals surface area contributed by atoms with Crippen LogP contribution in [0.1, 0.15) is 18.4 Å². The van der Waals surface area contributed by atoms with Gasteiger partial charge < -0.3 is 4.90 Å². The monoisotopic (exact) mass is 537 g/mol. The average molecular weight is 538 g/mol. The Hall–Kier alpha value is -4.04. The molecular formula is C23H19N7O5S2. The van der Waals surface area contributed by atoms with Crippen LogP contribution in [0.15, 0.2) is 63.5 Å². The summed E-state index contributed by atoms with van der Waals surface area (Å²) < 4.78 is 1.47. The Balaban J connectivity index is 1.36. The van der Waals surface area contributed by atoms with Gasteiger partial charge in [0.25, 0.3) is 16.8 Å². The number of nitrogens with zero attached hydrogens (tertiary/aromatic N) is 7. The van der Waals surface area contributed by atoms with Crippen LogP contribution in [0.4, 0.5) is 10.5 Å². The molecule has 2 fully saturated rings. The number of nitro groups is 1. The maximum Gasteiger partial charge on any atom is 0.294 e. The normalized spacial score (nSPS) is 16.7. The van der Waals surface area contributed by atoms with E-state index >= 15 is 0 Å². The van der Waals surface area contributed by atoms with E-state index in [9.17, 15) is 24.5 Å². The highest BCUT2D eigenvalue weighted by Crippen LogP contribution is 2.37. The number of benzene rings is 2. The van der Waals surface area contributed by atoms with Gasteiger partial charge in [-0.3, -0.25) is 29.4 Å². The van der Waals surface area contributed by atoms with Gasteiger partial charge in [0.2, 0.25) is 11.1 Å². The third-order valence-electron chi connectivity index (χ3n) is 5.75. The fraction of sp³-hybridized carbons (Fsp3) is 0.217. The van der Waals surface area contributed by atoms with E-state index in [1.54, 1.807) is 17.0 Å². The molecular weight excluding hydrogens is 518 g/mol. The Kier molecular flexibility index (Phi) is 7.01. The molecule has 188 valence electrons. The van der Waals surface area contributed by atoms with Crippen molar-refractivity contribution in [1.82, 2.24) is 30.0 Å². The van der Waals surface area contributed by atoms with Crippen LogP contribution < -0.4 is 0 Å². The van der Waals surface area contributed by atoms with Gasteiger partial charge in [-0.1, -0.05) is 24.3 Å². The van der Waals surface area contributed by atoms with Crippen LogP contribution >= 0.6 is 23.5 Å². The molecule has 0 aliphatic carbocycles. The highest BCUT2D eigenvalue weighted by molar-refractivity contribution is 8.18. The molecule has 14 heteroatoms. The average Bonchev–Trinajstić information content (AvgIpc) is 3.64. The molecule has 3 heterocycles. The molecule has 2 aromatic carbocycles. The van der Waals surface area contributed by atoms with Crippen molar-refractivity contribution in [2.45, 2.75) is 22.9 Å². The first-order chi connectivity index (χ1) is 17.9. The largest absolute Gasteiger partial charge is 0.341 e. The number of amides is 3. The Bertz CT molecular complexity index is 1420. The van der Waals surface area contributed by atoms with E-state index in [1.807, 2.05) is 30.3 Å². The minimum atomic E-state index is -0.592. The minimum Gasteiger partial charge on any atom is -0.341 e. The third kappa shape index (κ3) is 5.24. The fourth-order valence-electron chi connectivity index (χ4n) is 3.91. The summed E-state index contributed by atoms with van der Waals surface area (Å²) in [7, 11) is 0. The van der Waals surface area contributed by atoms with Gasteiger partial charge in [-0.15, -0.1) is 5.10 Å². The lowest BCUT2D eigenvalue weighted by Crippen LogP contribution is -2.40. The topological polar surface area (TPSA) is 144 Å². The van der Waals surface area contributed by atoms with E-state index < -0.39 is 16.1 Å². The molecule has 12 nitrogen and oxygen atoms in total. The van der Waals surface area contributed by atoms with Crippen molar-refractivity contribution >= 4 is 52.3 Å². The van der Waals surface area contributed by atoms with Crippen molar-refractivity contribution in [2.75, 3.05) is 19.6 Å². The van der Waals surface area contributed by atoms with Gasteiger partial charge in [0.15, 0.2) is 0 Å². The standard InChI is InChI=1S/C23H19N7O5S2/c31-20(27-10-4-5-11-27)14-28-21(32)19(37-23(28)33)13-15-8-9-18(17(12-15)30(34)35)36-22-24-25-26-29(22)16-6-2-1-3-7-16/h1-3,6-9,12-13H,4-5,10-11,14H2/b19-13-. The Morgan fingerprint density at radius 3 is 2.62 bits per heavy atom. The van der Waals surface area contributed by atoms with Crippen molar-refractivity contribution in [2.24, 2.45) is 0 Å². The van der Waals surface area contributed by atoms with Crippen LogP contribution in [0.5, 0.6) is 0 Å². The molecule has 3 aromatic rings. The molecule has 3 amide bonds. The van der Waals surface area contributed by atoms with Gasteiger partial charge in [-0.05, 0) is 76.6 Å². The molecule has 37 heavy (non-hydrogen) atoms. The molecule has 0 atom stereocenters. The summed E-state index contributed by atoms with van der Waals surface area (Å²) >= 11 is 1.74. The number of hydrogen-bond donors (Lipinski definition) is 0. The van der Waals surface area contributed by atoms with Gasteiger partial charge in [-0.2, -0.15) is 4.68 Å². The predicted octanol–water partition coefficient (Wildman–Crippen LogP) is 3.38. The molecule has 0 radical (unpaired) electrons. The Labute approximate surface area is 218 Å². The zero-order valence-electron chi connectivity index (χ0n) is 19.2. The SMILES string of the molecule is O=C(CN1C(=O)S/C(=C\c2ccc(Sc3nnnn3-c3ccccc3)c([N+](=O)[O-])c2)C1=O)N1CCCC1. The van der Waals surface area contributed by atoms with Gasteiger partial charge in [-0.25, -0.2) is 0 Å². The summed E-state index contributed by atoms with van der Waals surface area (Å²) in [6, 6.07) is 13.6. The van der Waals surface area contributed by atoms with Gasteiger partial charge in [0.05, 0.1) is 20.4 Å². The number of thioether (sulfide) groups is 1. The maximum atomic E-state index is 12.8. The Morgan fingerprint density at radius 1 is 1.14 bits per heavy atom. The summed E-state index contributed by atoms with van der Waals surface area (Å²) in [5.41, 5.74) is 0.869. The summed E-state index contributed by atoms with van der Waals surface area (Å²) in [6.45, 7) is 0.932. The maximum absolute atomic E-state index is 12.8. The molecule has 0 N–H and O–H groups in total. The number of para-hydroxylation sites is 1. The van der Waals surface area contributed by atoms with Crippen LogP contribution in [-0.2, 0) is 9.59 Å². The van der Waals surface area contributed by atoms with Crippen molar-refractivity contribution in [1.29, 1.82) is 0 Å². The lowest BCUT2D eigenvalue weighted by molar-refractivity contribution is -0.387. The van der Waals surface area contributed by atoms with Crippen molar-refractivity contribution in [3.8, 4) is 5.69 Å². The molecule has 2 saturated heterocycles. The molecule has 0 spiro atoms. The van der Waals surface area contributed by atoms with Crippen molar-refractivity contribution in [3.63, 3.8) is 0 Å². The number of likely N-dealkylation sites (tertiary alicyclic amines) is 1. The summed E-state index contributed by atoms with van der Waals surface area (Å²) in [5.74, 6) is -0.860. The van der Waals surface area contributed by atoms with Gasteiger partial charge in [0.1, 0.15) is 6.54 Å². The van der Waals surface area contributed by atoms with E-state index in [-0.39, 0.29) is 23.0 Å². The number of nitro benzene ring substituents is 1. The van der Waals surface area contributed by atoms with Crippen LogP contribution in [0, 0.1) is 10.1 Å². The quantitative estimate of drug-likeness (QED) is 0.250. The number of aromatic nitrogens is 4. The number of rotatable bonds is 7. The third-order valence-corrected chi connectivity index (χ3v) is 7.66. The van der Waals surface area contributed by atoms with Crippen LogP contribution in [0.2, 0.25) is 0 Å². The fourth-order valence-corrected chi connectivity index (χ4v) is 5.63. The number of hydrogen-bond acceptors (Lipinski definition) is 10. The lowest BCUT2D eigenvalue weighted by atomic mass is 10.2. The summed E-state index contributed by atoms with van der Waals surface area (Å²) in [6.07, 6.45) is 3.23. The number of carbonyl (C=O) groups excluding carboxylic acids is 3. The first-order valence-corrected chi connectivity index (χ1v) is 12.9. The summed E-state index contributed by atoms with van der Waals surface area (Å²) in [5, 5.41) is 23.3. The van der Waals surface area contributed by atoms with E-state index in [1.165, 1.54) is 16.8 Å². The second kappa shape index (κ2) is 10.5. The first-order valence-electron chi connectivity index (χ1n) is 11.2. The molecule has 0 unspecified atom stereocenters. The smallest absolute Gasteiger partial charge is 0.294 e. The second-order valence-corrected chi connectivity index (χ2v) is 10.2. The molecule has 0 saturated carbocycles. The number of tetrazole rings is 1. The lowest BCUT2D eigenvalue weighted by Gasteiger charge is -2.18. The number of carbonyl (C=O) groups is 3. The zero-order valence-corrected chi connectivity index (χ0v) is 20.9. The van der Waals surface area contributed by atoms with Gasteiger partial charge >= 0.3 is 0 Å². The molecule has 2 aliphatic heterocycles. The van der Waals surface area contributed by atoms with E-state index in [2.05, 4.69) is 15.5 Å². The molecule has 5 rings (SSSR count). The molecule has 1 aromatic heterocycles. The van der Waals surface area contributed by atoms with E-state index in [4.69, 9.17) is 0 Å². The van der Waals surface area contributed by atoms with E-state index in [0.29, 0.717) is 46.2 Å². The van der Waals surface area contributed by atoms with Crippen LogP contribution in [0.3, 0.4) is 0 Å². The van der Waals surface area contributed by atoms with Gasteiger partial charge in [0, 0.05) is 19.2 Å². The first kappa shape index (κ1) is 24.6. The molecule has 0 bridgehead atoms. The number of imide groups is 1. The Morgan fingerprint density at radius 2 is 1.89 bits per heavy atom. The van der Waals surface area contributed by atoms with Crippen molar-refractivity contribution < 1.29 is 19.3 Å².